The summed E-state index contributed by atoms with van der Waals surface area (Å²) in [6.45, 7) is 3.09. The van der Waals surface area contributed by atoms with Gasteiger partial charge in [-0.1, -0.05) is 19.1 Å². The van der Waals surface area contributed by atoms with Crippen LogP contribution in [-0.4, -0.2) is 38.7 Å². The normalized spacial score (nSPS) is 23.9. The van der Waals surface area contributed by atoms with E-state index >= 15 is 0 Å². The maximum absolute atomic E-state index is 12.5. The lowest BCUT2D eigenvalue weighted by atomic mass is 9.94. The number of anilines is 1. The van der Waals surface area contributed by atoms with Crippen LogP contribution in [0.25, 0.3) is 11.4 Å². The zero-order valence-corrected chi connectivity index (χ0v) is 13.8. The van der Waals surface area contributed by atoms with Crippen molar-refractivity contribution in [2.45, 2.75) is 44.7 Å². The minimum atomic E-state index is -0.116. The molecule has 2 unspecified atom stereocenters. The Bertz CT molecular complexity index is 738. The van der Waals surface area contributed by atoms with Crippen molar-refractivity contribution in [2.24, 2.45) is 5.92 Å². The minimum Gasteiger partial charge on any atom is -0.325 e. The highest BCUT2D eigenvalue weighted by atomic mass is 16.2. The fourth-order valence-electron chi connectivity index (χ4n) is 3.22. The molecule has 2 atom stereocenters. The van der Waals surface area contributed by atoms with E-state index in [1.807, 2.05) is 28.9 Å². The van der Waals surface area contributed by atoms with Crippen LogP contribution in [0.3, 0.4) is 0 Å². The number of aromatic nitrogens is 4. The fraction of sp³-hybridized carbons (Fsp3) is 0.529. The number of nitrogens with one attached hydrogen (secondary N) is 2. The van der Waals surface area contributed by atoms with E-state index in [0.29, 0.717) is 12.0 Å². The van der Waals surface area contributed by atoms with E-state index in [1.54, 1.807) is 0 Å². The zero-order chi connectivity index (χ0) is 16.5. The van der Waals surface area contributed by atoms with Crippen LogP contribution in [0.4, 0.5) is 5.69 Å². The van der Waals surface area contributed by atoms with E-state index in [4.69, 9.17) is 0 Å². The van der Waals surface area contributed by atoms with Crippen molar-refractivity contribution < 1.29 is 4.79 Å². The Labute approximate surface area is 140 Å². The average molecular weight is 326 g/mol. The second-order valence-electron chi connectivity index (χ2n) is 6.88. The summed E-state index contributed by atoms with van der Waals surface area (Å²) >= 11 is 0. The average Bonchev–Trinajstić information content (AvgIpc) is 3.32. The third-order valence-electron chi connectivity index (χ3n) is 4.76. The van der Waals surface area contributed by atoms with Crippen molar-refractivity contribution in [1.82, 2.24) is 25.5 Å². The highest BCUT2D eigenvalue weighted by Gasteiger charge is 2.28. The fourth-order valence-corrected chi connectivity index (χ4v) is 3.22. The molecular formula is C17H22N6O. The minimum absolute atomic E-state index is 0.0282. The van der Waals surface area contributed by atoms with Gasteiger partial charge in [0.25, 0.3) is 0 Å². The largest absolute Gasteiger partial charge is 0.325 e. The summed E-state index contributed by atoms with van der Waals surface area (Å²) in [6, 6.07) is 8.04. The van der Waals surface area contributed by atoms with Gasteiger partial charge in [-0.2, -0.15) is 0 Å². The van der Waals surface area contributed by atoms with Gasteiger partial charge in [-0.3, -0.25) is 4.79 Å². The Balaban J connectivity index is 1.50. The van der Waals surface area contributed by atoms with Crippen molar-refractivity contribution in [3.05, 3.63) is 24.3 Å². The van der Waals surface area contributed by atoms with Gasteiger partial charge in [0.1, 0.15) is 0 Å². The van der Waals surface area contributed by atoms with Crippen molar-refractivity contribution in [2.75, 3.05) is 11.9 Å². The highest BCUT2D eigenvalue weighted by Crippen LogP contribution is 2.36. The van der Waals surface area contributed by atoms with Gasteiger partial charge in [0.15, 0.2) is 5.82 Å². The number of carbonyl (C=O) groups is 1. The summed E-state index contributed by atoms with van der Waals surface area (Å²) in [5.74, 6) is 1.37. The Kier molecular flexibility index (Phi) is 4.02. The van der Waals surface area contributed by atoms with Crippen LogP contribution >= 0.6 is 0 Å². The predicted octanol–water partition coefficient (Wildman–Crippen LogP) is 2.00. The standard InChI is InChI=1S/C17H22N6O/c1-11-7-8-18-15(9-11)17(24)19-13-4-2-3-12(10-13)16-20-21-22-23(16)14-5-6-14/h2-4,10-11,14-15,18H,5-9H2,1H3,(H,19,24). The van der Waals surface area contributed by atoms with Crippen LogP contribution < -0.4 is 10.6 Å². The number of hydrogen-bond acceptors (Lipinski definition) is 5. The van der Waals surface area contributed by atoms with Crippen molar-refractivity contribution in [1.29, 1.82) is 0 Å². The molecule has 4 rings (SSSR count). The summed E-state index contributed by atoms with van der Waals surface area (Å²) in [5.41, 5.74) is 1.71. The van der Waals surface area contributed by atoms with Crippen molar-refractivity contribution in [3.63, 3.8) is 0 Å². The molecule has 2 fully saturated rings. The molecule has 1 aliphatic carbocycles. The number of tetrazole rings is 1. The van der Waals surface area contributed by atoms with Gasteiger partial charge in [-0.05, 0) is 60.7 Å². The molecule has 7 nitrogen and oxygen atoms in total. The van der Waals surface area contributed by atoms with Gasteiger partial charge < -0.3 is 10.6 Å². The van der Waals surface area contributed by atoms with E-state index in [2.05, 4.69) is 33.1 Å². The molecule has 2 aromatic rings. The zero-order valence-electron chi connectivity index (χ0n) is 13.8. The number of carbonyl (C=O) groups excluding carboxylic acids is 1. The maximum atomic E-state index is 12.5. The molecule has 2 N–H and O–H groups in total. The molecule has 1 saturated heterocycles. The summed E-state index contributed by atoms with van der Waals surface area (Å²) in [7, 11) is 0. The molecule has 1 aromatic carbocycles. The molecule has 1 aromatic heterocycles. The molecule has 126 valence electrons. The lowest BCUT2D eigenvalue weighted by Crippen LogP contribution is -2.45. The number of hydrogen-bond donors (Lipinski definition) is 2. The van der Waals surface area contributed by atoms with Gasteiger partial charge in [-0.25, -0.2) is 4.68 Å². The monoisotopic (exact) mass is 326 g/mol. The molecule has 1 saturated carbocycles. The van der Waals surface area contributed by atoms with E-state index in [9.17, 15) is 4.79 Å². The number of benzene rings is 1. The third kappa shape index (κ3) is 3.17. The number of piperidine rings is 1. The SMILES string of the molecule is CC1CCNC(C(=O)Nc2cccc(-c3nnnn3C3CC3)c2)C1. The molecule has 24 heavy (non-hydrogen) atoms. The molecule has 2 aliphatic rings. The van der Waals surface area contributed by atoms with E-state index in [-0.39, 0.29) is 11.9 Å². The molecule has 0 bridgehead atoms. The first kappa shape index (κ1) is 15.3. The van der Waals surface area contributed by atoms with Gasteiger partial charge >= 0.3 is 0 Å². The Morgan fingerprint density at radius 2 is 2.21 bits per heavy atom. The third-order valence-corrected chi connectivity index (χ3v) is 4.76. The van der Waals surface area contributed by atoms with E-state index in [0.717, 1.165) is 49.3 Å². The highest BCUT2D eigenvalue weighted by molar-refractivity contribution is 5.95. The van der Waals surface area contributed by atoms with Gasteiger partial charge in [-0.15, -0.1) is 5.10 Å². The lowest BCUT2D eigenvalue weighted by molar-refractivity contribution is -0.119. The van der Waals surface area contributed by atoms with Crippen LogP contribution in [0.1, 0.15) is 38.6 Å². The van der Waals surface area contributed by atoms with Crippen LogP contribution in [0.2, 0.25) is 0 Å². The van der Waals surface area contributed by atoms with Crippen LogP contribution in [0.5, 0.6) is 0 Å². The van der Waals surface area contributed by atoms with Gasteiger partial charge in [0.2, 0.25) is 5.91 Å². The summed E-state index contributed by atoms with van der Waals surface area (Å²) in [5, 5.41) is 18.3. The molecule has 1 amide bonds. The summed E-state index contributed by atoms with van der Waals surface area (Å²) in [6.07, 6.45) is 4.26. The Morgan fingerprint density at radius 1 is 1.33 bits per heavy atom. The molecule has 1 aliphatic heterocycles. The molecule has 0 radical (unpaired) electrons. The first-order valence-electron chi connectivity index (χ1n) is 8.63. The molecular weight excluding hydrogens is 304 g/mol. The quantitative estimate of drug-likeness (QED) is 0.898. The second kappa shape index (κ2) is 6.32. The molecule has 0 spiro atoms. The van der Waals surface area contributed by atoms with E-state index in [1.165, 1.54) is 0 Å². The number of nitrogens with zero attached hydrogens (tertiary/aromatic N) is 4. The number of amides is 1. The summed E-state index contributed by atoms with van der Waals surface area (Å²) < 4.78 is 1.88. The Morgan fingerprint density at radius 3 is 3.00 bits per heavy atom. The molecule has 2 heterocycles. The van der Waals surface area contributed by atoms with E-state index < -0.39 is 0 Å². The van der Waals surface area contributed by atoms with Crippen LogP contribution in [0.15, 0.2) is 24.3 Å². The smallest absolute Gasteiger partial charge is 0.241 e. The molecule has 7 heteroatoms. The maximum Gasteiger partial charge on any atom is 0.241 e. The van der Waals surface area contributed by atoms with Gasteiger partial charge in [0, 0.05) is 11.3 Å². The number of rotatable bonds is 4. The topological polar surface area (TPSA) is 84.7 Å². The van der Waals surface area contributed by atoms with Crippen LogP contribution in [-0.2, 0) is 4.79 Å². The first-order valence-corrected chi connectivity index (χ1v) is 8.63. The Hall–Kier alpha value is -2.28. The second-order valence-corrected chi connectivity index (χ2v) is 6.88. The predicted molar refractivity (Wildman–Crippen MR) is 90.3 cm³/mol. The first-order chi connectivity index (χ1) is 11.7. The lowest BCUT2D eigenvalue weighted by Gasteiger charge is -2.27. The van der Waals surface area contributed by atoms with Crippen molar-refractivity contribution >= 4 is 11.6 Å². The van der Waals surface area contributed by atoms with Gasteiger partial charge in [0.05, 0.1) is 12.1 Å². The van der Waals surface area contributed by atoms with Crippen LogP contribution in [0, 0.1) is 5.92 Å². The van der Waals surface area contributed by atoms with Crippen molar-refractivity contribution in [3.8, 4) is 11.4 Å². The summed E-state index contributed by atoms with van der Waals surface area (Å²) in [4.78, 5) is 12.5.